The molecular weight excluding hydrogens is 595 g/mol. The van der Waals surface area contributed by atoms with Crippen molar-refractivity contribution in [3.8, 4) is 12.1 Å². The van der Waals surface area contributed by atoms with Crippen LogP contribution in [0.4, 0.5) is 15.8 Å². The maximum atomic E-state index is 13.8. The zero-order valence-electron chi connectivity index (χ0n) is 22.6. The fourth-order valence-electron chi connectivity index (χ4n) is 5.18. The molecule has 42 heavy (non-hydrogen) atoms. The Bertz CT molecular complexity index is 1710. The van der Waals surface area contributed by atoms with E-state index in [0.717, 1.165) is 45.2 Å². The van der Waals surface area contributed by atoms with Gasteiger partial charge in [0.2, 0.25) is 0 Å². The zero-order chi connectivity index (χ0) is 29.1. The van der Waals surface area contributed by atoms with E-state index in [0.29, 0.717) is 35.7 Å². The Hall–Kier alpha value is -4.64. The second-order valence-corrected chi connectivity index (χ2v) is 11.3. The quantitative estimate of drug-likeness (QED) is 0.150. The number of anilines is 2. The molecular formula is C32H28BrFN8. The number of nitrogens with zero attached hydrogens (tertiary/aromatic N) is 4. The molecule has 2 aliphatic rings. The van der Waals surface area contributed by atoms with E-state index in [4.69, 9.17) is 0 Å². The van der Waals surface area contributed by atoms with Crippen LogP contribution in [0, 0.1) is 28.5 Å². The first-order valence-corrected chi connectivity index (χ1v) is 14.6. The number of pyridine rings is 1. The molecule has 0 radical (unpaired) electrons. The highest BCUT2D eigenvalue weighted by Gasteiger charge is 2.32. The normalized spacial score (nSPS) is 15.7. The highest BCUT2D eigenvalue weighted by molar-refractivity contribution is 9.10. The first kappa shape index (κ1) is 27.5. The molecule has 3 aromatic carbocycles. The molecule has 1 aliphatic carbocycles. The maximum Gasteiger partial charge on any atom is 0.123 e. The zero-order valence-corrected chi connectivity index (χ0v) is 24.2. The summed E-state index contributed by atoms with van der Waals surface area (Å²) in [5.74, 6) is -0.299. The Morgan fingerprint density at radius 3 is 2.55 bits per heavy atom. The lowest BCUT2D eigenvalue weighted by molar-refractivity contribution is 0.260. The van der Waals surface area contributed by atoms with Crippen molar-refractivity contribution in [3.05, 3.63) is 112 Å². The molecule has 0 amide bonds. The third-order valence-corrected chi connectivity index (χ3v) is 8.09. The lowest BCUT2D eigenvalue weighted by Gasteiger charge is -2.24. The summed E-state index contributed by atoms with van der Waals surface area (Å²) in [6, 6.07) is 24.8. The first-order valence-electron chi connectivity index (χ1n) is 13.8. The van der Waals surface area contributed by atoms with Gasteiger partial charge in [-0.3, -0.25) is 9.99 Å². The van der Waals surface area contributed by atoms with E-state index in [1.54, 1.807) is 18.3 Å². The number of fused-ring (bicyclic) bond motifs is 1. The number of hydrazine groups is 2. The van der Waals surface area contributed by atoms with Crippen molar-refractivity contribution < 1.29 is 4.39 Å². The van der Waals surface area contributed by atoms with Gasteiger partial charge in [-0.1, -0.05) is 42.5 Å². The van der Waals surface area contributed by atoms with Crippen LogP contribution in [-0.2, 0) is 0 Å². The minimum absolute atomic E-state index is 0.182. The predicted octanol–water partition coefficient (Wildman–Crippen LogP) is 6.95. The van der Waals surface area contributed by atoms with Crippen LogP contribution in [0.15, 0.2) is 89.3 Å². The summed E-state index contributed by atoms with van der Waals surface area (Å²) >= 11 is 3.70. The number of aromatic nitrogens is 1. The fraction of sp³-hybridized carbons (Fsp3) is 0.219. The Morgan fingerprint density at radius 1 is 1.05 bits per heavy atom. The number of nitrogens with one attached hydrogen (secondary N) is 4. The highest BCUT2D eigenvalue weighted by atomic mass is 79.9. The monoisotopic (exact) mass is 622 g/mol. The number of halogens is 2. The molecule has 1 aliphatic heterocycles. The number of benzene rings is 3. The van der Waals surface area contributed by atoms with Crippen LogP contribution in [0.3, 0.4) is 0 Å². The maximum absolute atomic E-state index is 13.8. The minimum Gasteiger partial charge on any atom is -0.377 e. The standard InChI is InChI=1S/C32H28BrFN8/c33-27-16-24(38-31(21-8-10-23(34)11-9-21)29-19-42(41-40-29)25-12-13-25)15-26-30(22(17-36)18-37-32(26)27)39-28(7-4-14-35)20-5-2-1-3-6-20/h1-3,5-6,8-11,15-16,18-19,25,28,31,38,40-41H,4,7,12-13H2,(H,37,39)/t28-,31?/m1/s1. The van der Waals surface area contributed by atoms with Crippen molar-refractivity contribution in [1.82, 2.24) is 21.0 Å². The smallest absolute Gasteiger partial charge is 0.123 e. The Labute approximate surface area is 251 Å². The van der Waals surface area contributed by atoms with E-state index in [1.807, 2.05) is 42.5 Å². The fourth-order valence-corrected chi connectivity index (χ4v) is 5.74. The molecule has 10 heteroatoms. The first-order chi connectivity index (χ1) is 20.5. The molecule has 0 saturated heterocycles. The summed E-state index contributed by atoms with van der Waals surface area (Å²) in [4.78, 5) is 4.58. The van der Waals surface area contributed by atoms with Crippen molar-refractivity contribution in [2.24, 2.45) is 0 Å². The van der Waals surface area contributed by atoms with E-state index in [2.05, 4.69) is 65.9 Å². The summed E-state index contributed by atoms with van der Waals surface area (Å²) in [7, 11) is 0. The van der Waals surface area contributed by atoms with Crippen LogP contribution in [0.2, 0.25) is 0 Å². The largest absolute Gasteiger partial charge is 0.377 e. The topological polar surface area (TPSA) is 112 Å². The molecule has 8 nitrogen and oxygen atoms in total. The van der Waals surface area contributed by atoms with Crippen molar-refractivity contribution in [3.63, 3.8) is 0 Å². The summed E-state index contributed by atoms with van der Waals surface area (Å²) in [5, 5.41) is 29.4. The number of hydrogen-bond acceptors (Lipinski definition) is 8. The predicted molar refractivity (Wildman–Crippen MR) is 164 cm³/mol. The molecule has 1 unspecified atom stereocenters. The van der Waals surface area contributed by atoms with Crippen LogP contribution < -0.4 is 21.6 Å². The molecule has 0 bridgehead atoms. The molecule has 2 atom stereocenters. The number of nitriles is 2. The molecule has 2 heterocycles. The minimum atomic E-state index is -0.317. The van der Waals surface area contributed by atoms with Gasteiger partial charge in [0.05, 0.1) is 40.6 Å². The van der Waals surface area contributed by atoms with E-state index >= 15 is 0 Å². The van der Waals surface area contributed by atoms with E-state index in [1.165, 1.54) is 12.1 Å². The van der Waals surface area contributed by atoms with E-state index < -0.39 is 0 Å². The average Bonchev–Trinajstić information content (AvgIpc) is 3.75. The summed E-state index contributed by atoms with van der Waals surface area (Å²) in [5.41, 5.74) is 11.8. The van der Waals surface area contributed by atoms with Gasteiger partial charge in [0.1, 0.15) is 11.9 Å². The molecule has 0 spiro atoms. The summed E-state index contributed by atoms with van der Waals surface area (Å²) in [6.45, 7) is 0. The van der Waals surface area contributed by atoms with Crippen molar-refractivity contribution in [1.29, 1.82) is 10.5 Å². The van der Waals surface area contributed by atoms with Gasteiger partial charge in [0.15, 0.2) is 0 Å². The summed E-state index contributed by atoms with van der Waals surface area (Å²) < 4.78 is 14.6. The third kappa shape index (κ3) is 5.87. The lowest BCUT2D eigenvalue weighted by atomic mass is 10.00. The van der Waals surface area contributed by atoms with E-state index in [-0.39, 0.29) is 17.9 Å². The van der Waals surface area contributed by atoms with Crippen molar-refractivity contribution >= 4 is 38.2 Å². The Balaban J connectivity index is 1.41. The SMILES string of the molecule is N#CCC[C@@H](Nc1c(C#N)cnc2c(Br)cc(NC(C3=CN(C4CC4)NN3)c3ccc(F)cc3)cc12)c1ccccc1. The van der Waals surface area contributed by atoms with Crippen LogP contribution >= 0.6 is 15.9 Å². The van der Waals surface area contributed by atoms with Gasteiger partial charge in [-0.2, -0.15) is 10.5 Å². The van der Waals surface area contributed by atoms with Gasteiger partial charge in [-0.15, -0.1) is 5.53 Å². The number of rotatable bonds is 10. The van der Waals surface area contributed by atoms with Gasteiger partial charge in [0, 0.05) is 40.4 Å². The molecule has 1 fully saturated rings. The number of hydrogen-bond donors (Lipinski definition) is 4. The second kappa shape index (κ2) is 12.1. The van der Waals surface area contributed by atoms with Gasteiger partial charge in [-0.05, 0) is 70.6 Å². The lowest BCUT2D eigenvalue weighted by Crippen LogP contribution is -2.38. The third-order valence-electron chi connectivity index (χ3n) is 7.48. The van der Waals surface area contributed by atoms with Gasteiger partial charge in [-0.25, -0.2) is 4.39 Å². The van der Waals surface area contributed by atoms with Crippen LogP contribution in [0.25, 0.3) is 10.9 Å². The van der Waals surface area contributed by atoms with Crippen molar-refractivity contribution in [2.75, 3.05) is 10.6 Å². The van der Waals surface area contributed by atoms with Crippen LogP contribution in [-0.4, -0.2) is 16.0 Å². The van der Waals surface area contributed by atoms with Gasteiger partial charge < -0.3 is 16.1 Å². The van der Waals surface area contributed by atoms with Gasteiger partial charge >= 0.3 is 0 Å². The molecule has 4 aromatic rings. The summed E-state index contributed by atoms with van der Waals surface area (Å²) in [6.07, 6.45) is 6.82. The Morgan fingerprint density at radius 2 is 1.83 bits per heavy atom. The molecule has 4 N–H and O–H groups in total. The van der Waals surface area contributed by atoms with Crippen LogP contribution in [0.5, 0.6) is 0 Å². The molecule has 210 valence electrons. The molecule has 1 aromatic heterocycles. The van der Waals surface area contributed by atoms with E-state index in [9.17, 15) is 14.9 Å². The average molecular weight is 624 g/mol. The van der Waals surface area contributed by atoms with Crippen LogP contribution in [0.1, 0.15) is 54.5 Å². The van der Waals surface area contributed by atoms with Crippen molar-refractivity contribution in [2.45, 2.75) is 43.8 Å². The Kier molecular flexibility index (Phi) is 7.91. The molecule has 6 rings (SSSR count). The highest BCUT2D eigenvalue weighted by Crippen LogP contribution is 2.38. The second-order valence-electron chi connectivity index (χ2n) is 10.4. The van der Waals surface area contributed by atoms with Gasteiger partial charge in [0.25, 0.3) is 0 Å². The molecule has 1 saturated carbocycles.